The van der Waals surface area contributed by atoms with E-state index >= 15 is 0 Å². The lowest BCUT2D eigenvalue weighted by molar-refractivity contribution is 0.0950. The van der Waals surface area contributed by atoms with Gasteiger partial charge in [-0.25, -0.2) is 4.39 Å². The quantitative estimate of drug-likeness (QED) is 0.912. The van der Waals surface area contributed by atoms with E-state index in [2.05, 4.69) is 5.32 Å². The fourth-order valence-corrected chi connectivity index (χ4v) is 2.62. The summed E-state index contributed by atoms with van der Waals surface area (Å²) in [4.78, 5) is 12.9. The van der Waals surface area contributed by atoms with Gasteiger partial charge in [-0.05, 0) is 42.8 Å². The minimum atomic E-state index is -0.339. The second kappa shape index (κ2) is 5.50. The van der Waals surface area contributed by atoms with Gasteiger partial charge < -0.3 is 5.32 Å². The lowest BCUT2D eigenvalue weighted by atomic mass is 10.1. The molecule has 0 aliphatic heterocycles. The van der Waals surface area contributed by atoms with Crippen LogP contribution in [0.3, 0.4) is 0 Å². The van der Waals surface area contributed by atoms with E-state index in [1.807, 2.05) is 6.07 Å². The Labute approximate surface area is 113 Å². The molecule has 0 bridgehead atoms. The molecule has 0 spiro atoms. The van der Waals surface area contributed by atoms with Gasteiger partial charge in [0, 0.05) is 10.4 Å². The first-order valence-electron chi connectivity index (χ1n) is 5.35. The molecule has 0 saturated heterocycles. The molecule has 0 aliphatic rings. The third kappa shape index (κ3) is 3.09. The number of rotatable bonds is 3. The van der Waals surface area contributed by atoms with Gasteiger partial charge in [0.2, 0.25) is 0 Å². The molecule has 2 rings (SSSR count). The molecule has 5 heteroatoms. The van der Waals surface area contributed by atoms with Crippen molar-refractivity contribution in [2.24, 2.45) is 0 Å². The van der Waals surface area contributed by atoms with Gasteiger partial charge in [-0.2, -0.15) is 0 Å². The van der Waals surface area contributed by atoms with Gasteiger partial charge in [0.1, 0.15) is 5.82 Å². The molecule has 2 aromatic rings. The van der Waals surface area contributed by atoms with Gasteiger partial charge in [0.25, 0.3) is 5.91 Å². The van der Waals surface area contributed by atoms with Crippen molar-refractivity contribution < 1.29 is 9.18 Å². The maximum atomic E-state index is 12.9. The SMILES string of the molecule is Cc1cc(F)ccc1C(=O)NCc1ccc(Cl)s1. The van der Waals surface area contributed by atoms with Crippen LogP contribution in [-0.4, -0.2) is 5.91 Å². The van der Waals surface area contributed by atoms with E-state index in [1.165, 1.54) is 29.5 Å². The third-order valence-corrected chi connectivity index (χ3v) is 3.72. The first-order valence-corrected chi connectivity index (χ1v) is 6.54. The molecule has 1 aromatic carbocycles. The zero-order chi connectivity index (χ0) is 13.1. The average molecular weight is 284 g/mol. The summed E-state index contributed by atoms with van der Waals surface area (Å²) >= 11 is 7.22. The second-order valence-corrected chi connectivity index (χ2v) is 5.65. The number of thiophene rings is 1. The van der Waals surface area contributed by atoms with E-state index in [0.29, 0.717) is 22.0 Å². The normalized spacial score (nSPS) is 10.4. The standard InChI is InChI=1S/C13H11ClFNOS/c1-8-6-9(15)2-4-11(8)13(17)16-7-10-3-5-12(14)18-10/h2-6H,7H2,1H3,(H,16,17). The molecule has 18 heavy (non-hydrogen) atoms. The van der Waals surface area contributed by atoms with Crippen LogP contribution < -0.4 is 5.32 Å². The van der Waals surface area contributed by atoms with Crippen LogP contribution in [0.15, 0.2) is 30.3 Å². The summed E-state index contributed by atoms with van der Waals surface area (Å²) in [6.07, 6.45) is 0. The predicted octanol–water partition coefficient (Wildman–Crippen LogP) is 3.78. The number of carbonyl (C=O) groups is 1. The third-order valence-electron chi connectivity index (χ3n) is 2.49. The number of carbonyl (C=O) groups excluding carboxylic acids is 1. The highest BCUT2D eigenvalue weighted by molar-refractivity contribution is 7.16. The number of aryl methyl sites for hydroxylation is 1. The lowest BCUT2D eigenvalue weighted by Gasteiger charge is -2.06. The molecule has 0 atom stereocenters. The van der Waals surface area contributed by atoms with Crippen LogP contribution in [0, 0.1) is 12.7 Å². The minimum absolute atomic E-state index is 0.211. The van der Waals surface area contributed by atoms with Gasteiger partial charge in [-0.15, -0.1) is 11.3 Å². The van der Waals surface area contributed by atoms with Crippen LogP contribution in [0.2, 0.25) is 4.34 Å². The molecule has 0 saturated carbocycles. The van der Waals surface area contributed by atoms with Crippen LogP contribution in [0.5, 0.6) is 0 Å². The summed E-state index contributed by atoms with van der Waals surface area (Å²) in [6, 6.07) is 7.77. The first-order chi connectivity index (χ1) is 8.56. The molecule has 1 heterocycles. The number of nitrogens with one attached hydrogen (secondary N) is 1. The predicted molar refractivity (Wildman–Crippen MR) is 71.6 cm³/mol. The molecule has 1 N–H and O–H groups in total. The molecule has 2 nitrogen and oxygen atoms in total. The monoisotopic (exact) mass is 283 g/mol. The molecule has 1 amide bonds. The number of benzene rings is 1. The number of amides is 1. The van der Waals surface area contributed by atoms with Crippen molar-refractivity contribution in [3.05, 3.63) is 56.5 Å². The maximum Gasteiger partial charge on any atom is 0.251 e. The van der Waals surface area contributed by atoms with Crippen LogP contribution in [0.4, 0.5) is 4.39 Å². The summed E-state index contributed by atoms with van der Waals surface area (Å²) in [5.74, 6) is -0.550. The van der Waals surface area contributed by atoms with Gasteiger partial charge in [0.15, 0.2) is 0 Å². The van der Waals surface area contributed by atoms with Gasteiger partial charge >= 0.3 is 0 Å². The Balaban J connectivity index is 2.03. The Morgan fingerprint density at radius 2 is 2.17 bits per heavy atom. The summed E-state index contributed by atoms with van der Waals surface area (Å²) in [7, 11) is 0. The average Bonchev–Trinajstić information content (AvgIpc) is 2.72. The highest BCUT2D eigenvalue weighted by atomic mass is 35.5. The Kier molecular flexibility index (Phi) is 3.99. The fourth-order valence-electron chi connectivity index (χ4n) is 1.59. The van der Waals surface area contributed by atoms with Crippen molar-refractivity contribution in [3.8, 4) is 0 Å². The van der Waals surface area contributed by atoms with E-state index < -0.39 is 0 Å². The molecular weight excluding hydrogens is 273 g/mol. The zero-order valence-electron chi connectivity index (χ0n) is 9.67. The van der Waals surface area contributed by atoms with Crippen molar-refractivity contribution >= 4 is 28.8 Å². The van der Waals surface area contributed by atoms with E-state index in [-0.39, 0.29) is 11.7 Å². The Morgan fingerprint density at radius 1 is 1.39 bits per heavy atom. The van der Waals surface area contributed by atoms with Gasteiger partial charge in [-0.1, -0.05) is 11.6 Å². The van der Waals surface area contributed by atoms with Crippen molar-refractivity contribution in [1.29, 1.82) is 0 Å². The van der Waals surface area contributed by atoms with Gasteiger partial charge in [-0.3, -0.25) is 4.79 Å². The largest absolute Gasteiger partial charge is 0.347 e. The Bertz CT molecular complexity index is 582. The van der Waals surface area contributed by atoms with Crippen molar-refractivity contribution in [2.45, 2.75) is 13.5 Å². The molecule has 0 unspecified atom stereocenters. The van der Waals surface area contributed by atoms with Crippen LogP contribution in [0.1, 0.15) is 20.8 Å². The van der Waals surface area contributed by atoms with E-state index in [0.717, 1.165) is 4.88 Å². The summed E-state index contributed by atoms with van der Waals surface area (Å²) in [6.45, 7) is 2.13. The molecule has 94 valence electrons. The number of hydrogen-bond acceptors (Lipinski definition) is 2. The molecule has 1 aromatic heterocycles. The minimum Gasteiger partial charge on any atom is -0.347 e. The van der Waals surface area contributed by atoms with Crippen molar-refractivity contribution in [2.75, 3.05) is 0 Å². The highest BCUT2D eigenvalue weighted by Crippen LogP contribution is 2.21. The second-order valence-electron chi connectivity index (χ2n) is 3.85. The number of halogens is 2. The zero-order valence-corrected chi connectivity index (χ0v) is 11.2. The van der Waals surface area contributed by atoms with E-state index in [1.54, 1.807) is 13.0 Å². The van der Waals surface area contributed by atoms with E-state index in [9.17, 15) is 9.18 Å². The van der Waals surface area contributed by atoms with E-state index in [4.69, 9.17) is 11.6 Å². The van der Waals surface area contributed by atoms with Gasteiger partial charge in [0.05, 0.1) is 10.9 Å². The fraction of sp³-hybridized carbons (Fsp3) is 0.154. The summed E-state index contributed by atoms with van der Waals surface area (Å²) in [5.41, 5.74) is 1.11. The summed E-state index contributed by atoms with van der Waals surface area (Å²) in [5, 5.41) is 2.78. The van der Waals surface area contributed by atoms with Crippen LogP contribution >= 0.6 is 22.9 Å². The smallest absolute Gasteiger partial charge is 0.251 e. The molecule has 0 aliphatic carbocycles. The highest BCUT2D eigenvalue weighted by Gasteiger charge is 2.09. The molecular formula is C13H11ClFNOS. The Hall–Kier alpha value is -1.39. The molecule has 0 fully saturated rings. The lowest BCUT2D eigenvalue weighted by Crippen LogP contribution is -2.23. The first kappa shape index (κ1) is 13.1. The summed E-state index contributed by atoms with van der Waals surface area (Å²) < 4.78 is 13.6. The van der Waals surface area contributed by atoms with Crippen molar-refractivity contribution in [3.63, 3.8) is 0 Å². The maximum absolute atomic E-state index is 12.9. The van der Waals surface area contributed by atoms with Crippen LogP contribution in [0.25, 0.3) is 0 Å². The van der Waals surface area contributed by atoms with Crippen molar-refractivity contribution in [1.82, 2.24) is 5.32 Å². The number of hydrogen-bond donors (Lipinski definition) is 1. The Morgan fingerprint density at radius 3 is 2.78 bits per heavy atom. The topological polar surface area (TPSA) is 29.1 Å². The van der Waals surface area contributed by atoms with Crippen LogP contribution in [-0.2, 0) is 6.54 Å². The molecule has 0 radical (unpaired) electrons.